The Morgan fingerprint density at radius 2 is 1.82 bits per heavy atom. The van der Waals surface area contributed by atoms with Gasteiger partial charge in [0.2, 0.25) is 0 Å². The highest BCUT2D eigenvalue weighted by atomic mass is 16.5. The average Bonchev–Trinajstić information content (AvgIpc) is 2.57. The first kappa shape index (κ1) is 17.0. The first-order valence-electron chi connectivity index (χ1n) is 8.76. The van der Waals surface area contributed by atoms with E-state index in [2.05, 4.69) is 49.9 Å². The van der Waals surface area contributed by atoms with Gasteiger partial charge in [0.25, 0.3) is 0 Å². The summed E-state index contributed by atoms with van der Waals surface area (Å²) in [6.45, 7) is 7.18. The average molecular weight is 298 g/mol. The van der Waals surface area contributed by atoms with Crippen molar-refractivity contribution < 1.29 is 4.74 Å². The molecule has 1 saturated carbocycles. The summed E-state index contributed by atoms with van der Waals surface area (Å²) in [4.78, 5) is 0. The van der Waals surface area contributed by atoms with Gasteiger partial charge < -0.3 is 4.74 Å². The van der Waals surface area contributed by atoms with Crippen molar-refractivity contribution in [2.45, 2.75) is 58.0 Å². The zero-order valence-electron chi connectivity index (χ0n) is 14.0. The van der Waals surface area contributed by atoms with E-state index >= 15 is 0 Å². The summed E-state index contributed by atoms with van der Waals surface area (Å²) in [7, 11) is 0. The minimum absolute atomic E-state index is 0.623. The molecule has 1 aromatic rings. The minimum Gasteiger partial charge on any atom is -0.373 e. The molecule has 2 rings (SSSR count). The van der Waals surface area contributed by atoms with Crippen LogP contribution in [-0.4, -0.2) is 6.61 Å². The van der Waals surface area contributed by atoms with Gasteiger partial charge in [0.05, 0.1) is 13.2 Å². The van der Waals surface area contributed by atoms with Crippen LogP contribution < -0.4 is 0 Å². The van der Waals surface area contributed by atoms with Crippen LogP contribution >= 0.6 is 0 Å². The van der Waals surface area contributed by atoms with Crippen molar-refractivity contribution in [1.29, 1.82) is 0 Å². The van der Waals surface area contributed by atoms with E-state index in [1.165, 1.54) is 43.2 Å². The van der Waals surface area contributed by atoms with Gasteiger partial charge in [0.1, 0.15) is 0 Å². The lowest BCUT2D eigenvalue weighted by molar-refractivity contribution is 0.149. The normalized spacial score (nSPS) is 22.0. The highest BCUT2D eigenvalue weighted by Crippen LogP contribution is 2.37. The molecule has 0 saturated heterocycles. The van der Waals surface area contributed by atoms with Gasteiger partial charge in [-0.15, -0.1) is 6.58 Å². The van der Waals surface area contributed by atoms with Gasteiger partial charge in [-0.05, 0) is 61.5 Å². The number of ether oxygens (including phenoxy) is 1. The van der Waals surface area contributed by atoms with Crippen LogP contribution in [0.3, 0.4) is 0 Å². The lowest BCUT2D eigenvalue weighted by atomic mass is 9.77. The van der Waals surface area contributed by atoms with E-state index in [1.807, 2.05) is 0 Å². The molecule has 0 aromatic heterocycles. The van der Waals surface area contributed by atoms with Gasteiger partial charge in [0.15, 0.2) is 0 Å². The third-order valence-electron chi connectivity index (χ3n) is 4.67. The summed E-state index contributed by atoms with van der Waals surface area (Å²) in [6, 6.07) is 9.03. The smallest absolute Gasteiger partial charge is 0.0721 e. The Balaban J connectivity index is 1.78. The van der Waals surface area contributed by atoms with Gasteiger partial charge >= 0.3 is 0 Å². The molecule has 0 amide bonds. The number of allylic oxidation sites excluding steroid dienone is 2. The molecule has 1 fully saturated rings. The molecule has 0 bridgehead atoms. The molecule has 0 N–H and O–H groups in total. The monoisotopic (exact) mass is 298 g/mol. The number of rotatable bonds is 8. The fourth-order valence-electron chi connectivity index (χ4n) is 3.33. The van der Waals surface area contributed by atoms with Crippen molar-refractivity contribution in [3.05, 3.63) is 60.2 Å². The maximum absolute atomic E-state index is 5.49. The quantitative estimate of drug-likeness (QED) is 0.421. The molecule has 1 aromatic carbocycles. The molecule has 0 spiro atoms. The fourth-order valence-corrected chi connectivity index (χ4v) is 3.33. The molecule has 1 nitrogen and oxygen atoms in total. The zero-order valence-corrected chi connectivity index (χ0v) is 14.0. The van der Waals surface area contributed by atoms with E-state index in [1.54, 1.807) is 6.08 Å². The highest BCUT2D eigenvalue weighted by Gasteiger charge is 2.21. The molecule has 120 valence electrons. The predicted molar refractivity (Wildman–Crippen MR) is 95.0 cm³/mol. The van der Waals surface area contributed by atoms with E-state index in [0.717, 1.165) is 18.3 Å². The van der Waals surface area contributed by atoms with Crippen LogP contribution in [0.1, 0.15) is 62.5 Å². The molecule has 1 heteroatoms. The Hall–Kier alpha value is -1.34. The van der Waals surface area contributed by atoms with Gasteiger partial charge in [-0.3, -0.25) is 0 Å². The van der Waals surface area contributed by atoms with Crippen molar-refractivity contribution in [3.8, 4) is 0 Å². The second-order valence-corrected chi connectivity index (χ2v) is 6.38. The van der Waals surface area contributed by atoms with Crippen molar-refractivity contribution in [3.63, 3.8) is 0 Å². The maximum Gasteiger partial charge on any atom is 0.0721 e. The standard InChI is InChI=1S/C21H30O/c1-3-5-6-7-18-8-12-20(13-9-18)21-14-10-19(11-15-21)17-22-16-4-2/h4-6,10-11,14-15,18,20H,2-3,7-9,12-13,16-17H2,1H3. The molecule has 0 atom stereocenters. The van der Waals surface area contributed by atoms with Gasteiger partial charge in [-0.25, -0.2) is 0 Å². The topological polar surface area (TPSA) is 9.23 Å². The molecule has 1 aliphatic carbocycles. The second kappa shape index (κ2) is 9.63. The minimum atomic E-state index is 0.623. The Kier molecular flexibility index (Phi) is 7.45. The highest BCUT2D eigenvalue weighted by molar-refractivity contribution is 5.25. The molecule has 0 radical (unpaired) electrons. The van der Waals surface area contributed by atoms with Gasteiger partial charge in [-0.2, -0.15) is 0 Å². The van der Waals surface area contributed by atoms with Crippen LogP contribution in [0.25, 0.3) is 0 Å². The first-order chi connectivity index (χ1) is 10.8. The number of hydrogen-bond donors (Lipinski definition) is 0. The Labute approximate surface area is 136 Å². The summed E-state index contributed by atoms with van der Waals surface area (Å²) in [5.74, 6) is 1.67. The Bertz CT molecular complexity index is 449. The lowest BCUT2D eigenvalue weighted by Crippen LogP contribution is -2.12. The zero-order chi connectivity index (χ0) is 15.6. The van der Waals surface area contributed by atoms with Crippen LogP contribution in [0, 0.1) is 5.92 Å². The van der Waals surface area contributed by atoms with Crippen LogP contribution in [0.2, 0.25) is 0 Å². The Morgan fingerprint density at radius 1 is 1.09 bits per heavy atom. The Morgan fingerprint density at radius 3 is 2.45 bits per heavy atom. The number of benzene rings is 1. The molecule has 0 aliphatic heterocycles. The maximum atomic E-state index is 5.49. The van der Waals surface area contributed by atoms with Crippen LogP contribution in [0.15, 0.2) is 49.1 Å². The summed E-state index contributed by atoms with van der Waals surface area (Å²) < 4.78 is 5.49. The van der Waals surface area contributed by atoms with Crippen molar-refractivity contribution in [2.24, 2.45) is 5.92 Å². The SMILES string of the molecule is C=CCOCc1ccc(C2CCC(CC=CCC)CC2)cc1. The largest absolute Gasteiger partial charge is 0.373 e. The van der Waals surface area contributed by atoms with Crippen LogP contribution in [-0.2, 0) is 11.3 Å². The van der Waals surface area contributed by atoms with E-state index in [-0.39, 0.29) is 0 Å². The summed E-state index contributed by atoms with van der Waals surface area (Å²) >= 11 is 0. The summed E-state index contributed by atoms with van der Waals surface area (Å²) in [5.41, 5.74) is 2.76. The third kappa shape index (κ3) is 5.46. The van der Waals surface area contributed by atoms with Crippen molar-refractivity contribution in [2.75, 3.05) is 6.61 Å². The second-order valence-electron chi connectivity index (χ2n) is 6.38. The molecular weight excluding hydrogens is 268 g/mol. The van der Waals surface area contributed by atoms with Crippen molar-refractivity contribution >= 4 is 0 Å². The van der Waals surface area contributed by atoms with E-state index in [0.29, 0.717) is 13.2 Å². The van der Waals surface area contributed by atoms with Crippen LogP contribution in [0.4, 0.5) is 0 Å². The molecular formula is C21H30O. The van der Waals surface area contributed by atoms with E-state index in [9.17, 15) is 0 Å². The van der Waals surface area contributed by atoms with Crippen molar-refractivity contribution in [1.82, 2.24) is 0 Å². The lowest BCUT2D eigenvalue weighted by Gasteiger charge is -2.28. The van der Waals surface area contributed by atoms with E-state index in [4.69, 9.17) is 4.74 Å². The summed E-state index contributed by atoms with van der Waals surface area (Å²) in [5, 5.41) is 0. The fraction of sp³-hybridized carbons (Fsp3) is 0.524. The molecule has 1 aliphatic rings. The first-order valence-corrected chi connectivity index (χ1v) is 8.76. The predicted octanol–water partition coefficient (Wildman–Crippen LogP) is 6.02. The van der Waals surface area contributed by atoms with E-state index < -0.39 is 0 Å². The number of hydrogen-bond acceptors (Lipinski definition) is 1. The third-order valence-corrected chi connectivity index (χ3v) is 4.67. The van der Waals surface area contributed by atoms with Crippen LogP contribution in [0.5, 0.6) is 0 Å². The summed E-state index contributed by atoms with van der Waals surface area (Å²) in [6.07, 6.45) is 14.4. The molecule has 0 heterocycles. The van der Waals surface area contributed by atoms with Gasteiger partial charge in [-0.1, -0.05) is 49.4 Å². The van der Waals surface area contributed by atoms with Gasteiger partial charge in [0, 0.05) is 0 Å². The molecule has 0 unspecified atom stereocenters. The molecule has 22 heavy (non-hydrogen) atoms.